The van der Waals surface area contributed by atoms with E-state index in [1.54, 1.807) is 13.1 Å². The van der Waals surface area contributed by atoms with Gasteiger partial charge in [0.25, 0.3) is 5.56 Å². The van der Waals surface area contributed by atoms with Crippen LogP contribution in [0.25, 0.3) is 0 Å². The number of nitrogens with zero attached hydrogens (tertiary/aromatic N) is 2. The number of aryl methyl sites for hydroxylation is 2. The van der Waals surface area contributed by atoms with Crippen LogP contribution < -0.4 is 10.9 Å². The minimum atomic E-state index is -0.121. The Kier molecular flexibility index (Phi) is 4.04. The number of benzene rings is 1. The molecule has 1 heterocycles. The van der Waals surface area contributed by atoms with Crippen molar-refractivity contribution in [2.24, 2.45) is 13.0 Å². The second-order valence-electron chi connectivity index (χ2n) is 5.72. The van der Waals surface area contributed by atoms with Crippen LogP contribution in [0.5, 0.6) is 0 Å². The maximum absolute atomic E-state index is 12.3. The Hall–Kier alpha value is -2.43. The summed E-state index contributed by atoms with van der Waals surface area (Å²) in [5.41, 5.74) is 2.81. The summed E-state index contributed by atoms with van der Waals surface area (Å²) in [6, 6.07) is 11.5. The third-order valence-electron chi connectivity index (χ3n) is 4.13. The molecule has 1 atom stereocenters. The van der Waals surface area contributed by atoms with Gasteiger partial charge in [0.15, 0.2) is 0 Å². The summed E-state index contributed by atoms with van der Waals surface area (Å²) in [7, 11) is 1.65. The van der Waals surface area contributed by atoms with E-state index in [9.17, 15) is 9.59 Å². The summed E-state index contributed by atoms with van der Waals surface area (Å²) in [5, 5.41) is 7.26. The van der Waals surface area contributed by atoms with Gasteiger partial charge in [-0.3, -0.25) is 9.59 Å². The van der Waals surface area contributed by atoms with Crippen molar-refractivity contribution in [1.82, 2.24) is 15.1 Å². The molecule has 1 aliphatic rings. The minimum absolute atomic E-state index is 0.0511. The third-order valence-corrected chi connectivity index (χ3v) is 4.13. The second-order valence-corrected chi connectivity index (χ2v) is 5.72. The van der Waals surface area contributed by atoms with Crippen molar-refractivity contribution < 1.29 is 4.79 Å². The SMILES string of the molecule is Cn1nc2c(cc1=O)C[C@@H](C(=O)NCc1ccccc1)CC2. The van der Waals surface area contributed by atoms with E-state index in [1.165, 1.54) is 4.68 Å². The first-order valence-corrected chi connectivity index (χ1v) is 7.51. The summed E-state index contributed by atoms with van der Waals surface area (Å²) in [6.45, 7) is 0.540. The standard InChI is InChI=1S/C17H19N3O2/c1-20-16(21)10-14-9-13(7-8-15(14)19-20)17(22)18-11-12-5-3-2-4-6-12/h2-6,10,13H,7-9,11H2,1H3,(H,18,22)/t13-/m0/s1. The molecule has 5 nitrogen and oxygen atoms in total. The van der Waals surface area contributed by atoms with Gasteiger partial charge in [0, 0.05) is 25.6 Å². The fourth-order valence-electron chi connectivity index (χ4n) is 2.84. The number of nitrogens with one attached hydrogen (secondary N) is 1. The fraction of sp³-hybridized carbons (Fsp3) is 0.353. The molecular weight excluding hydrogens is 278 g/mol. The molecule has 0 unspecified atom stereocenters. The van der Waals surface area contributed by atoms with E-state index < -0.39 is 0 Å². The topological polar surface area (TPSA) is 64.0 Å². The second kappa shape index (κ2) is 6.13. The summed E-state index contributed by atoms with van der Waals surface area (Å²) in [6.07, 6.45) is 2.12. The van der Waals surface area contributed by atoms with Gasteiger partial charge in [-0.1, -0.05) is 30.3 Å². The quantitative estimate of drug-likeness (QED) is 0.926. The van der Waals surface area contributed by atoms with Crippen LogP contribution in [0, 0.1) is 5.92 Å². The highest BCUT2D eigenvalue weighted by Gasteiger charge is 2.26. The van der Waals surface area contributed by atoms with Gasteiger partial charge in [-0.25, -0.2) is 4.68 Å². The molecular formula is C17H19N3O2. The number of hydrogen-bond donors (Lipinski definition) is 1. The van der Waals surface area contributed by atoms with E-state index in [1.807, 2.05) is 30.3 Å². The largest absolute Gasteiger partial charge is 0.352 e. The van der Waals surface area contributed by atoms with Gasteiger partial charge in [-0.15, -0.1) is 0 Å². The van der Waals surface area contributed by atoms with Crippen molar-refractivity contribution in [2.75, 3.05) is 0 Å². The van der Waals surface area contributed by atoms with Gasteiger partial charge in [-0.05, 0) is 30.4 Å². The van der Waals surface area contributed by atoms with Crippen LogP contribution in [-0.4, -0.2) is 15.7 Å². The highest BCUT2D eigenvalue weighted by Crippen LogP contribution is 2.23. The predicted octanol–water partition coefficient (Wildman–Crippen LogP) is 1.20. The Balaban J connectivity index is 1.65. The zero-order valence-corrected chi connectivity index (χ0v) is 12.6. The molecule has 3 rings (SSSR count). The number of fused-ring (bicyclic) bond motifs is 1. The fourth-order valence-corrected chi connectivity index (χ4v) is 2.84. The summed E-state index contributed by atoms with van der Waals surface area (Å²) in [4.78, 5) is 24.0. The third kappa shape index (κ3) is 3.08. The maximum Gasteiger partial charge on any atom is 0.266 e. The Morgan fingerprint density at radius 3 is 2.91 bits per heavy atom. The molecule has 114 valence electrons. The smallest absolute Gasteiger partial charge is 0.266 e. The normalized spacial score (nSPS) is 16.9. The van der Waals surface area contributed by atoms with Crippen molar-refractivity contribution in [2.45, 2.75) is 25.8 Å². The van der Waals surface area contributed by atoms with Gasteiger partial charge in [-0.2, -0.15) is 5.10 Å². The molecule has 22 heavy (non-hydrogen) atoms. The van der Waals surface area contributed by atoms with E-state index in [0.717, 1.165) is 29.7 Å². The first-order valence-electron chi connectivity index (χ1n) is 7.51. The molecule has 0 saturated carbocycles. The predicted molar refractivity (Wildman–Crippen MR) is 83.3 cm³/mol. The van der Waals surface area contributed by atoms with Crippen LogP contribution in [0.15, 0.2) is 41.2 Å². The van der Waals surface area contributed by atoms with Gasteiger partial charge >= 0.3 is 0 Å². The molecule has 0 radical (unpaired) electrons. The molecule has 0 saturated heterocycles. The van der Waals surface area contributed by atoms with E-state index in [2.05, 4.69) is 10.4 Å². The number of rotatable bonds is 3. The first kappa shape index (κ1) is 14.5. The number of carbonyl (C=O) groups is 1. The van der Waals surface area contributed by atoms with Crippen LogP contribution in [0.4, 0.5) is 0 Å². The lowest BCUT2D eigenvalue weighted by Crippen LogP contribution is -2.35. The molecule has 1 aromatic carbocycles. The molecule has 2 aromatic rings. The number of carbonyl (C=O) groups excluding carboxylic acids is 1. The minimum Gasteiger partial charge on any atom is -0.352 e. The molecule has 1 N–H and O–H groups in total. The zero-order chi connectivity index (χ0) is 15.5. The Bertz CT molecular complexity index is 737. The lowest BCUT2D eigenvalue weighted by atomic mass is 9.86. The van der Waals surface area contributed by atoms with Gasteiger partial charge in [0.1, 0.15) is 0 Å². The van der Waals surface area contributed by atoms with Crippen LogP contribution in [0.1, 0.15) is 23.2 Å². The van der Waals surface area contributed by atoms with E-state index in [4.69, 9.17) is 0 Å². The Labute approximate surface area is 129 Å². The molecule has 1 aliphatic carbocycles. The van der Waals surface area contributed by atoms with E-state index >= 15 is 0 Å². The molecule has 0 bridgehead atoms. The van der Waals surface area contributed by atoms with Crippen LogP contribution >= 0.6 is 0 Å². The Morgan fingerprint density at radius 2 is 2.14 bits per heavy atom. The molecule has 5 heteroatoms. The van der Waals surface area contributed by atoms with Crippen molar-refractivity contribution in [3.8, 4) is 0 Å². The van der Waals surface area contributed by atoms with E-state index in [0.29, 0.717) is 13.0 Å². The molecule has 0 fully saturated rings. The number of amides is 1. The Morgan fingerprint density at radius 1 is 1.36 bits per heavy atom. The monoisotopic (exact) mass is 297 g/mol. The first-order chi connectivity index (χ1) is 10.6. The average molecular weight is 297 g/mol. The number of aromatic nitrogens is 2. The average Bonchev–Trinajstić information content (AvgIpc) is 2.54. The van der Waals surface area contributed by atoms with Gasteiger partial charge in [0.05, 0.1) is 5.69 Å². The molecule has 1 amide bonds. The molecule has 1 aromatic heterocycles. The summed E-state index contributed by atoms with van der Waals surface area (Å²) < 4.78 is 1.36. The summed E-state index contributed by atoms with van der Waals surface area (Å²) >= 11 is 0. The van der Waals surface area contributed by atoms with Crippen molar-refractivity contribution in [3.05, 3.63) is 63.6 Å². The summed E-state index contributed by atoms with van der Waals surface area (Å²) in [5.74, 6) is -0.0275. The highest BCUT2D eigenvalue weighted by atomic mass is 16.2. The lowest BCUT2D eigenvalue weighted by molar-refractivity contribution is -0.125. The lowest BCUT2D eigenvalue weighted by Gasteiger charge is -2.23. The van der Waals surface area contributed by atoms with Crippen molar-refractivity contribution in [3.63, 3.8) is 0 Å². The highest BCUT2D eigenvalue weighted by molar-refractivity contribution is 5.79. The van der Waals surface area contributed by atoms with Crippen LogP contribution in [0.2, 0.25) is 0 Å². The van der Waals surface area contributed by atoms with Crippen LogP contribution in [0.3, 0.4) is 0 Å². The van der Waals surface area contributed by atoms with Crippen LogP contribution in [-0.2, 0) is 31.2 Å². The van der Waals surface area contributed by atoms with Crippen molar-refractivity contribution in [1.29, 1.82) is 0 Å². The molecule has 0 spiro atoms. The van der Waals surface area contributed by atoms with Gasteiger partial charge < -0.3 is 5.32 Å². The van der Waals surface area contributed by atoms with Gasteiger partial charge in [0.2, 0.25) is 5.91 Å². The maximum atomic E-state index is 12.3. The zero-order valence-electron chi connectivity index (χ0n) is 12.6. The number of hydrogen-bond acceptors (Lipinski definition) is 3. The van der Waals surface area contributed by atoms with Crippen molar-refractivity contribution >= 4 is 5.91 Å². The molecule has 0 aliphatic heterocycles. The van der Waals surface area contributed by atoms with E-state index in [-0.39, 0.29) is 17.4 Å².